The Hall–Kier alpha value is -3.41. The Morgan fingerprint density at radius 3 is 2.45 bits per heavy atom. The van der Waals surface area contributed by atoms with Crippen molar-refractivity contribution in [2.75, 3.05) is 28.6 Å². The molecule has 1 aliphatic heterocycles. The third-order valence-electron chi connectivity index (χ3n) is 5.40. The highest BCUT2D eigenvalue weighted by molar-refractivity contribution is 5.91. The van der Waals surface area contributed by atoms with Gasteiger partial charge >= 0.3 is 0 Å². The smallest absolute Gasteiger partial charge is 0.227 e. The summed E-state index contributed by atoms with van der Waals surface area (Å²) in [6.07, 6.45) is 3.58. The molecule has 0 spiro atoms. The molecule has 0 aliphatic carbocycles. The van der Waals surface area contributed by atoms with Crippen LogP contribution >= 0.6 is 0 Å². The summed E-state index contributed by atoms with van der Waals surface area (Å²) in [5.41, 5.74) is 5.05. The van der Waals surface area contributed by atoms with Gasteiger partial charge in [0, 0.05) is 42.6 Å². The Labute approximate surface area is 183 Å². The second-order valence-corrected chi connectivity index (χ2v) is 8.13. The van der Waals surface area contributed by atoms with E-state index in [-0.39, 0.29) is 5.91 Å². The molecule has 2 N–H and O–H groups in total. The molecule has 0 unspecified atom stereocenters. The molecular weight excluding hydrogens is 386 g/mol. The molecule has 0 bridgehead atoms. The van der Waals surface area contributed by atoms with E-state index in [1.54, 1.807) is 0 Å². The lowest BCUT2D eigenvalue weighted by Gasteiger charge is -2.17. The molecule has 0 radical (unpaired) electrons. The van der Waals surface area contributed by atoms with E-state index >= 15 is 0 Å². The fourth-order valence-electron chi connectivity index (χ4n) is 3.81. The number of anilines is 4. The molecule has 0 atom stereocenters. The largest absolute Gasteiger partial charge is 0.341 e. The standard InChI is InChI=1S/C25H29N5O/c1-18-6-5-7-20(16-18)8-13-24(31)28-22-11-9-21(10-12-22)27-23-17-19(2)26-25(29-23)30-14-3-4-15-30/h5-7,9-12,16-17H,3-4,8,13-15H2,1-2H3,(H,28,31)(H,26,27,29). The number of hydrogen-bond donors (Lipinski definition) is 2. The van der Waals surface area contributed by atoms with Crippen LogP contribution in [0.2, 0.25) is 0 Å². The maximum Gasteiger partial charge on any atom is 0.227 e. The van der Waals surface area contributed by atoms with Crippen molar-refractivity contribution >= 4 is 29.0 Å². The zero-order valence-electron chi connectivity index (χ0n) is 18.2. The van der Waals surface area contributed by atoms with Crippen LogP contribution in [0.4, 0.5) is 23.1 Å². The number of benzene rings is 2. The summed E-state index contributed by atoms with van der Waals surface area (Å²) in [5.74, 6) is 1.59. The molecule has 1 fully saturated rings. The van der Waals surface area contributed by atoms with Gasteiger partial charge < -0.3 is 15.5 Å². The van der Waals surface area contributed by atoms with Crippen molar-refractivity contribution < 1.29 is 4.79 Å². The number of nitrogens with zero attached hydrogens (tertiary/aromatic N) is 3. The molecule has 1 saturated heterocycles. The lowest BCUT2D eigenvalue weighted by atomic mass is 10.1. The van der Waals surface area contributed by atoms with Crippen LogP contribution in [0, 0.1) is 13.8 Å². The maximum atomic E-state index is 12.3. The monoisotopic (exact) mass is 415 g/mol. The van der Waals surface area contributed by atoms with Crippen LogP contribution in [0.5, 0.6) is 0 Å². The van der Waals surface area contributed by atoms with Gasteiger partial charge in [0.2, 0.25) is 11.9 Å². The van der Waals surface area contributed by atoms with Crippen LogP contribution in [0.15, 0.2) is 54.6 Å². The second-order valence-electron chi connectivity index (χ2n) is 8.13. The Balaban J connectivity index is 1.33. The van der Waals surface area contributed by atoms with E-state index in [0.29, 0.717) is 6.42 Å². The first-order valence-electron chi connectivity index (χ1n) is 10.9. The minimum Gasteiger partial charge on any atom is -0.341 e. The van der Waals surface area contributed by atoms with Crippen molar-refractivity contribution in [2.45, 2.75) is 39.5 Å². The summed E-state index contributed by atoms with van der Waals surface area (Å²) in [7, 11) is 0. The predicted octanol–water partition coefficient (Wildman–Crippen LogP) is 5.01. The van der Waals surface area contributed by atoms with Crippen molar-refractivity contribution in [1.29, 1.82) is 0 Å². The number of aromatic nitrogens is 2. The van der Waals surface area contributed by atoms with Crippen molar-refractivity contribution in [3.05, 3.63) is 71.4 Å². The van der Waals surface area contributed by atoms with Gasteiger partial charge in [0.05, 0.1) is 0 Å². The lowest BCUT2D eigenvalue weighted by Crippen LogP contribution is -2.21. The van der Waals surface area contributed by atoms with E-state index in [0.717, 1.165) is 48.3 Å². The molecular formula is C25H29N5O. The average molecular weight is 416 g/mol. The topological polar surface area (TPSA) is 70.2 Å². The van der Waals surface area contributed by atoms with Gasteiger partial charge in [0.25, 0.3) is 0 Å². The van der Waals surface area contributed by atoms with Gasteiger partial charge in [0.1, 0.15) is 5.82 Å². The molecule has 4 rings (SSSR count). The fraction of sp³-hybridized carbons (Fsp3) is 0.320. The first kappa shape index (κ1) is 20.8. The highest BCUT2D eigenvalue weighted by Crippen LogP contribution is 2.22. The summed E-state index contributed by atoms with van der Waals surface area (Å²) in [6.45, 7) is 6.08. The molecule has 6 heteroatoms. The molecule has 6 nitrogen and oxygen atoms in total. The van der Waals surface area contributed by atoms with Crippen LogP contribution in [-0.4, -0.2) is 29.0 Å². The molecule has 3 aromatic rings. The van der Waals surface area contributed by atoms with Crippen LogP contribution in [0.25, 0.3) is 0 Å². The molecule has 1 aliphatic rings. The van der Waals surface area contributed by atoms with Crippen molar-refractivity contribution in [3.63, 3.8) is 0 Å². The van der Waals surface area contributed by atoms with E-state index in [9.17, 15) is 4.79 Å². The zero-order chi connectivity index (χ0) is 21.6. The molecule has 1 aromatic heterocycles. The highest BCUT2D eigenvalue weighted by Gasteiger charge is 2.16. The van der Waals surface area contributed by atoms with Gasteiger partial charge in [-0.3, -0.25) is 4.79 Å². The number of amides is 1. The van der Waals surface area contributed by atoms with E-state index in [1.165, 1.54) is 24.0 Å². The fourth-order valence-corrected chi connectivity index (χ4v) is 3.81. The molecule has 1 amide bonds. The van der Waals surface area contributed by atoms with Crippen LogP contribution in [0.1, 0.15) is 36.1 Å². The van der Waals surface area contributed by atoms with Crippen LogP contribution in [-0.2, 0) is 11.2 Å². The van der Waals surface area contributed by atoms with Crippen molar-refractivity contribution in [2.24, 2.45) is 0 Å². The van der Waals surface area contributed by atoms with Crippen molar-refractivity contribution in [1.82, 2.24) is 9.97 Å². The molecule has 2 heterocycles. The van der Waals surface area contributed by atoms with Crippen LogP contribution in [0.3, 0.4) is 0 Å². The third-order valence-corrected chi connectivity index (χ3v) is 5.40. The number of aryl methyl sites for hydroxylation is 3. The van der Waals surface area contributed by atoms with Gasteiger partial charge in [-0.05, 0) is 62.9 Å². The van der Waals surface area contributed by atoms with Gasteiger partial charge in [0.15, 0.2) is 0 Å². The summed E-state index contributed by atoms with van der Waals surface area (Å²) in [6, 6.07) is 17.9. The Bertz CT molecular complexity index is 1040. The summed E-state index contributed by atoms with van der Waals surface area (Å²) in [4.78, 5) is 23.8. The first-order chi connectivity index (χ1) is 15.0. The molecule has 31 heavy (non-hydrogen) atoms. The second kappa shape index (κ2) is 9.60. The van der Waals surface area contributed by atoms with E-state index < -0.39 is 0 Å². The third kappa shape index (κ3) is 5.81. The van der Waals surface area contributed by atoms with E-state index in [4.69, 9.17) is 0 Å². The molecule has 160 valence electrons. The Morgan fingerprint density at radius 1 is 0.968 bits per heavy atom. The molecule has 0 saturated carbocycles. The first-order valence-corrected chi connectivity index (χ1v) is 10.9. The number of carbonyl (C=O) groups excluding carboxylic acids is 1. The summed E-state index contributed by atoms with van der Waals surface area (Å²) in [5, 5.41) is 6.32. The SMILES string of the molecule is Cc1cccc(CCC(=O)Nc2ccc(Nc3cc(C)nc(N4CCCC4)n3)cc2)c1. The number of carbonyl (C=O) groups is 1. The maximum absolute atomic E-state index is 12.3. The van der Waals surface area contributed by atoms with Gasteiger partial charge in [-0.15, -0.1) is 0 Å². The van der Waals surface area contributed by atoms with Crippen molar-refractivity contribution in [3.8, 4) is 0 Å². The van der Waals surface area contributed by atoms with Gasteiger partial charge in [-0.2, -0.15) is 4.98 Å². The van der Waals surface area contributed by atoms with E-state index in [1.807, 2.05) is 43.3 Å². The average Bonchev–Trinajstić information content (AvgIpc) is 3.28. The van der Waals surface area contributed by atoms with Gasteiger partial charge in [-0.1, -0.05) is 29.8 Å². The Morgan fingerprint density at radius 2 is 1.71 bits per heavy atom. The van der Waals surface area contributed by atoms with Gasteiger partial charge in [-0.25, -0.2) is 4.98 Å². The summed E-state index contributed by atoms with van der Waals surface area (Å²) >= 11 is 0. The minimum absolute atomic E-state index is 0.0175. The highest BCUT2D eigenvalue weighted by atomic mass is 16.1. The number of nitrogens with one attached hydrogen (secondary N) is 2. The summed E-state index contributed by atoms with van der Waals surface area (Å²) < 4.78 is 0. The molecule has 2 aromatic carbocycles. The number of rotatable bonds is 7. The zero-order valence-corrected chi connectivity index (χ0v) is 18.2. The Kier molecular flexibility index (Phi) is 6.46. The quantitative estimate of drug-likeness (QED) is 0.568. The lowest BCUT2D eigenvalue weighted by molar-refractivity contribution is -0.116. The van der Waals surface area contributed by atoms with E-state index in [2.05, 4.69) is 50.6 Å². The predicted molar refractivity (Wildman–Crippen MR) is 126 cm³/mol. The van der Waals surface area contributed by atoms with Crippen LogP contribution < -0.4 is 15.5 Å². The minimum atomic E-state index is 0.0175. The number of hydrogen-bond acceptors (Lipinski definition) is 5. The normalized spacial score (nSPS) is 13.3.